The molecule has 26 heavy (non-hydrogen) atoms. The second kappa shape index (κ2) is 7.42. The quantitative estimate of drug-likeness (QED) is 0.850. The Morgan fingerprint density at radius 2 is 2.19 bits per heavy atom. The van der Waals surface area contributed by atoms with Crippen LogP contribution < -0.4 is 14.8 Å². The predicted octanol–water partition coefficient (Wildman–Crippen LogP) is 4.01. The first-order chi connectivity index (χ1) is 12.6. The average Bonchev–Trinajstić information content (AvgIpc) is 3.26. The average molecular weight is 394 g/mol. The summed E-state index contributed by atoms with van der Waals surface area (Å²) in [7, 11) is 0. The van der Waals surface area contributed by atoms with E-state index in [9.17, 15) is 4.79 Å². The second-order valence-electron chi connectivity index (χ2n) is 6.75. The molecule has 2 aliphatic rings. The number of rotatable bonds is 4. The van der Waals surface area contributed by atoms with Crippen LogP contribution in [0.5, 0.6) is 11.5 Å². The zero-order valence-electron chi connectivity index (χ0n) is 14.5. The van der Waals surface area contributed by atoms with E-state index < -0.39 is 0 Å². The molecule has 1 amide bonds. The van der Waals surface area contributed by atoms with Gasteiger partial charge < -0.3 is 9.47 Å². The van der Waals surface area contributed by atoms with Crippen molar-refractivity contribution in [2.45, 2.75) is 26.3 Å². The normalized spacial score (nSPS) is 17.5. The van der Waals surface area contributed by atoms with Crippen LogP contribution in [0.3, 0.4) is 0 Å². The molecule has 4 rings (SSSR count). The number of thiazole rings is 1. The third-order valence-electron chi connectivity index (χ3n) is 4.72. The van der Waals surface area contributed by atoms with Gasteiger partial charge in [0, 0.05) is 17.5 Å². The molecular formula is C18H20ClN3O3S. The van der Waals surface area contributed by atoms with Gasteiger partial charge in [-0.2, -0.15) is 0 Å². The monoisotopic (exact) mass is 393 g/mol. The van der Waals surface area contributed by atoms with Crippen molar-refractivity contribution >= 4 is 34.0 Å². The summed E-state index contributed by atoms with van der Waals surface area (Å²) in [5, 5.41) is 5.79. The number of nitrogens with one attached hydrogen (secondary N) is 1. The highest BCUT2D eigenvalue weighted by Gasteiger charge is 2.21. The van der Waals surface area contributed by atoms with E-state index >= 15 is 0 Å². The van der Waals surface area contributed by atoms with E-state index in [0.29, 0.717) is 27.2 Å². The maximum atomic E-state index is 12.5. The first-order valence-corrected chi connectivity index (χ1v) is 9.91. The summed E-state index contributed by atoms with van der Waals surface area (Å²) in [4.78, 5) is 19.4. The third kappa shape index (κ3) is 3.79. The Morgan fingerprint density at radius 1 is 1.38 bits per heavy atom. The highest BCUT2D eigenvalue weighted by atomic mass is 35.5. The van der Waals surface area contributed by atoms with E-state index in [-0.39, 0.29) is 12.7 Å². The molecular weight excluding hydrogens is 374 g/mol. The van der Waals surface area contributed by atoms with E-state index in [1.54, 1.807) is 12.1 Å². The topological polar surface area (TPSA) is 63.7 Å². The van der Waals surface area contributed by atoms with Crippen molar-refractivity contribution in [3.05, 3.63) is 33.8 Å². The zero-order chi connectivity index (χ0) is 18.1. The van der Waals surface area contributed by atoms with Crippen LogP contribution in [0.25, 0.3) is 0 Å². The molecule has 138 valence electrons. The van der Waals surface area contributed by atoms with Gasteiger partial charge in [0.15, 0.2) is 16.6 Å². The predicted molar refractivity (Wildman–Crippen MR) is 101 cm³/mol. The number of likely N-dealkylation sites (tertiary alicyclic amines) is 1. The molecule has 1 N–H and O–H groups in total. The Balaban J connectivity index is 1.39. The molecule has 3 heterocycles. The number of halogens is 1. The van der Waals surface area contributed by atoms with Crippen LogP contribution in [-0.4, -0.2) is 35.7 Å². The molecule has 0 atom stereocenters. The Labute approximate surface area is 161 Å². The summed E-state index contributed by atoms with van der Waals surface area (Å²) in [5.74, 6) is 1.51. The third-order valence-corrected chi connectivity index (χ3v) is 5.81. The number of hydrogen-bond donors (Lipinski definition) is 1. The molecule has 1 saturated heterocycles. The van der Waals surface area contributed by atoms with Crippen LogP contribution in [0.15, 0.2) is 17.5 Å². The van der Waals surface area contributed by atoms with Crippen molar-refractivity contribution in [3.63, 3.8) is 0 Å². The van der Waals surface area contributed by atoms with Gasteiger partial charge >= 0.3 is 0 Å². The van der Waals surface area contributed by atoms with Crippen molar-refractivity contribution in [3.8, 4) is 11.5 Å². The van der Waals surface area contributed by atoms with Gasteiger partial charge in [0.2, 0.25) is 6.79 Å². The van der Waals surface area contributed by atoms with Crippen LogP contribution in [-0.2, 0) is 6.54 Å². The fourth-order valence-corrected chi connectivity index (χ4v) is 4.12. The lowest BCUT2D eigenvalue weighted by atomic mass is 9.99. The van der Waals surface area contributed by atoms with Crippen molar-refractivity contribution in [1.29, 1.82) is 0 Å². The van der Waals surface area contributed by atoms with E-state index in [4.69, 9.17) is 21.1 Å². The number of fused-ring (bicyclic) bond motifs is 1. The number of carbonyl (C=O) groups is 1. The van der Waals surface area contributed by atoms with Crippen LogP contribution in [0, 0.1) is 5.92 Å². The van der Waals surface area contributed by atoms with Gasteiger partial charge in [-0.3, -0.25) is 15.0 Å². The molecule has 2 aliphatic heterocycles. The number of nitrogens with zero attached hydrogens (tertiary/aromatic N) is 2. The van der Waals surface area contributed by atoms with Crippen molar-refractivity contribution in [2.75, 3.05) is 25.2 Å². The summed E-state index contributed by atoms with van der Waals surface area (Å²) >= 11 is 7.57. The molecule has 0 bridgehead atoms. The van der Waals surface area contributed by atoms with Gasteiger partial charge in [0.25, 0.3) is 5.91 Å². The van der Waals surface area contributed by atoms with Crippen molar-refractivity contribution in [1.82, 2.24) is 9.88 Å². The smallest absolute Gasteiger partial charge is 0.257 e. The molecule has 0 saturated carbocycles. The molecule has 8 heteroatoms. The van der Waals surface area contributed by atoms with Crippen molar-refractivity contribution < 1.29 is 14.3 Å². The molecule has 0 radical (unpaired) electrons. The number of hydrogen-bond acceptors (Lipinski definition) is 6. The molecule has 1 aromatic carbocycles. The molecule has 6 nitrogen and oxygen atoms in total. The van der Waals surface area contributed by atoms with Gasteiger partial charge in [-0.25, -0.2) is 4.98 Å². The standard InChI is InChI=1S/C18H20ClN3O3S/c1-11-2-4-22(5-3-11)8-13-9-26-18(20-13)21-17(23)12-6-14(19)16-15(7-12)24-10-25-16/h6-7,9,11H,2-5,8,10H2,1H3,(H,20,21,23). The minimum absolute atomic E-state index is 0.116. The SMILES string of the molecule is CC1CCN(Cc2csc(NC(=O)c3cc(Cl)c4c(c3)OCO4)n2)CC1. The Morgan fingerprint density at radius 3 is 3.00 bits per heavy atom. The van der Waals surface area contributed by atoms with Crippen LogP contribution in [0.2, 0.25) is 5.02 Å². The van der Waals surface area contributed by atoms with E-state index in [0.717, 1.165) is 31.2 Å². The summed E-state index contributed by atoms with van der Waals surface area (Å²) < 4.78 is 10.6. The lowest BCUT2D eigenvalue weighted by molar-refractivity contribution is 0.102. The zero-order valence-corrected chi connectivity index (χ0v) is 16.0. The molecule has 1 aromatic heterocycles. The Hall–Kier alpha value is -1.83. The lowest BCUT2D eigenvalue weighted by Gasteiger charge is -2.29. The van der Waals surface area contributed by atoms with E-state index in [2.05, 4.69) is 22.1 Å². The van der Waals surface area contributed by atoms with Crippen molar-refractivity contribution in [2.24, 2.45) is 5.92 Å². The fraction of sp³-hybridized carbons (Fsp3) is 0.444. The number of benzene rings is 1. The van der Waals surface area contributed by atoms with Crippen LogP contribution in [0.4, 0.5) is 5.13 Å². The first kappa shape index (κ1) is 17.6. The highest BCUT2D eigenvalue weighted by molar-refractivity contribution is 7.14. The van der Waals surface area contributed by atoms with Gasteiger partial charge in [-0.05, 0) is 44.0 Å². The van der Waals surface area contributed by atoms with E-state index in [1.807, 2.05) is 5.38 Å². The Bertz CT molecular complexity index is 818. The summed E-state index contributed by atoms with van der Waals surface area (Å²) in [6.07, 6.45) is 2.47. The van der Waals surface area contributed by atoms with Crippen LogP contribution >= 0.6 is 22.9 Å². The summed E-state index contributed by atoms with van der Waals surface area (Å²) in [6.45, 7) is 5.46. The maximum absolute atomic E-state index is 12.5. The van der Waals surface area contributed by atoms with Gasteiger partial charge in [0.05, 0.1) is 10.7 Å². The summed E-state index contributed by atoms with van der Waals surface area (Å²) in [5.41, 5.74) is 1.41. The molecule has 0 unspecified atom stereocenters. The molecule has 1 fully saturated rings. The highest BCUT2D eigenvalue weighted by Crippen LogP contribution is 2.40. The molecule has 2 aromatic rings. The minimum atomic E-state index is -0.266. The minimum Gasteiger partial charge on any atom is -0.454 e. The van der Waals surface area contributed by atoms with Gasteiger partial charge in [-0.1, -0.05) is 18.5 Å². The number of amides is 1. The largest absolute Gasteiger partial charge is 0.454 e. The maximum Gasteiger partial charge on any atom is 0.257 e. The van der Waals surface area contributed by atoms with Gasteiger partial charge in [0.1, 0.15) is 0 Å². The lowest BCUT2D eigenvalue weighted by Crippen LogP contribution is -2.32. The Kier molecular flexibility index (Phi) is 5.02. The number of ether oxygens (including phenoxy) is 2. The number of carbonyl (C=O) groups excluding carboxylic acids is 1. The first-order valence-electron chi connectivity index (χ1n) is 8.66. The second-order valence-corrected chi connectivity index (χ2v) is 8.01. The van der Waals surface area contributed by atoms with Gasteiger partial charge in [-0.15, -0.1) is 11.3 Å². The van der Waals surface area contributed by atoms with E-state index in [1.165, 1.54) is 24.2 Å². The van der Waals surface area contributed by atoms with Crippen LogP contribution in [0.1, 0.15) is 35.8 Å². The number of aromatic nitrogens is 1. The number of anilines is 1. The molecule has 0 aliphatic carbocycles. The fourth-order valence-electron chi connectivity index (χ4n) is 3.15. The summed E-state index contributed by atoms with van der Waals surface area (Å²) in [6, 6.07) is 3.21. The molecule has 0 spiro atoms. The number of piperidine rings is 1.